The van der Waals surface area contributed by atoms with Gasteiger partial charge in [0.1, 0.15) is 18.1 Å². The monoisotopic (exact) mass is 341 g/mol. The summed E-state index contributed by atoms with van der Waals surface area (Å²) in [5.74, 6) is 0.527. The molecule has 0 radical (unpaired) electrons. The van der Waals surface area contributed by atoms with E-state index >= 15 is 0 Å². The molecule has 0 spiro atoms. The minimum absolute atomic E-state index is 0.187. The second-order valence-electron chi connectivity index (χ2n) is 5.27. The standard InChI is InChI=1S/C18H16ClN3O2/c1-22(10-11-24-14-8-6-13(19)7-9-14)18(23)17-12-20-15-4-2-3-5-16(15)21-17/h2-9,12H,10-11H2,1H3. The molecule has 0 unspecified atom stereocenters. The number of amides is 1. The Morgan fingerprint density at radius 1 is 1.12 bits per heavy atom. The van der Waals surface area contributed by atoms with E-state index in [2.05, 4.69) is 9.97 Å². The predicted molar refractivity (Wildman–Crippen MR) is 93.4 cm³/mol. The molecule has 5 nitrogen and oxygen atoms in total. The van der Waals surface area contributed by atoms with Crippen molar-refractivity contribution >= 4 is 28.5 Å². The first-order valence-corrected chi connectivity index (χ1v) is 7.87. The van der Waals surface area contributed by atoms with Crippen molar-refractivity contribution in [1.29, 1.82) is 0 Å². The zero-order valence-corrected chi connectivity index (χ0v) is 13.9. The van der Waals surface area contributed by atoms with Crippen LogP contribution in [0, 0.1) is 0 Å². The number of likely N-dealkylation sites (N-methyl/N-ethyl adjacent to an activating group) is 1. The summed E-state index contributed by atoms with van der Waals surface area (Å²) in [6, 6.07) is 14.6. The van der Waals surface area contributed by atoms with Gasteiger partial charge >= 0.3 is 0 Å². The molecule has 0 fully saturated rings. The SMILES string of the molecule is CN(CCOc1ccc(Cl)cc1)C(=O)c1cnc2ccccc2n1. The Morgan fingerprint density at radius 3 is 2.58 bits per heavy atom. The van der Waals surface area contributed by atoms with Gasteiger partial charge in [0.15, 0.2) is 0 Å². The van der Waals surface area contributed by atoms with Crippen LogP contribution < -0.4 is 4.74 Å². The maximum absolute atomic E-state index is 12.4. The smallest absolute Gasteiger partial charge is 0.273 e. The molecule has 0 N–H and O–H groups in total. The quantitative estimate of drug-likeness (QED) is 0.713. The summed E-state index contributed by atoms with van der Waals surface area (Å²) < 4.78 is 5.60. The number of rotatable bonds is 5. The van der Waals surface area contributed by atoms with Crippen LogP contribution in [-0.2, 0) is 0 Å². The molecule has 3 rings (SSSR count). The zero-order chi connectivity index (χ0) is 16.9. The molecule has 0 aliphatic rings. The molecular formula is C18H16ClN3O2. The van der Waals surface area contributed by atoms with Crippen LogP contribution in [0.4, 0.5) is 0 Å². The highest BCUT2D eigenvalue weighted by Gasteiger charge is 2.14. The summed E-state index contributed by atoms with van der Waals surface area (Å²) in [6.07, 6.45) is 1.50. The highest BCUT2D eigenvalue weighted by Crippen LogP contribution is 2.15. The van der Waals surface area contributed by atoms with Gasteiger partial charge < -0.3 is 9.64 Å². The van der Waals surface area contributed by atoms with Crippen molar-refractivity contribution in [1.82, 2.24) is 14.9 Å². The number of carbonyl (C=O) groups is 1. The number of para-hydroxylation sites is 2. The lowest BCUT2D eigenvalue weighted by Gasteiger charge is -2.17. The highest BCUT2D eigenvalue weighted by atomic mass is 35.5. The van der Waals surface area contributed by atoms with Gasteiger partial charge in [0.2, 0.25) is 0 Å². The van der Waals surface area contributed by atoms with Crippen LogP contribution in [0.5, 0.6) is 5.75 Å². The van der Waals surface area contributed by atoms with E-state index in [4.69, 9.17) is 16.3 Å². The first-order chi connectivity index (χ1) is 11.6. The molecule has 1 aromatic heterocycles. The topological polar surface area (TPSA) is 55.3 Å². The molecular weight excluding hydrogens is 326 g/mol. The average molecular weight is 342 g/mol. The summed E-state index contributed by atoms with van der Waals surface area (Å²) in [6.45, 7) is 0.820. The summed E-state index contributed by atoms with van der Waals surface area (Å²) in [4.78, 5) is 22.6. The van der Waals surface area contributed by atoms with E-state index in [0.29, 0.717) is 35.1 Å². The molecule has 0 atom stereocenters. The maximum Gasteiger partial charge on any atom is 0.273 e. The van der Waals surface area contributed by atoms with Gasteiger partial charge in [0, 0.05) is 12.1 Å². The number of halogens is 1. The molecule has 0 bridgehead atoms. The van der Waals surface area contributed by atoms with Crippen LogP contribution in [0.15, 0.2) is 54.7 Å². The van der Waals surface area contributed by atoms with Crippen molar-refractivity contribution in [3.8, 4) is 5.75 Å². The minimum Gasteiger partial charge on any atom is -0.492 e. The summed E-state index contributed by atoms with van der Waals surface area (Å²) >= 11 is 5.83. The first kappa shape index (κ1) is 16.2. The Hall–Kier alpha value is -2.66. The van der Waals surface area contributed by atoms with Crippen LogP contribution in [0.1, 0.15) is 10.5 Å². The molecule has 0 aliphatic carbocycles. The molecule has 6 heteroatoms. The lowest BCUT2D eigenvalue weighted by atomic mass is 10.3. The van der Waals surface area contributed by atoms with Crippen molar-refractivity contribution < 1.29 is 9.53 Å². The second kappa shape index (κ2) is 7.27. The first-order valence-electron chi connectivity index (χ1n) is 7.49. The van der Waals surface area contributed by atoms with Gasteiger partial charge in [0.25, 0.3) is 5.91 Å². The van der Waals surface area contributed by atoms with E-state index in [1.165, 1.54) is 6.20 Å². The molecule has 0 saturated carbocycles. The lowest BCUT2D eigenvalue weighted by Crippen LogP contribution is -2.31. The zero-order valence-electron chi connectivity index (χ0n) is 13.1. The third kappa shape index (κ3) is 3.81. The summed E-state index contributed by atoms with van der Waals surface area (Å²) in [5.41, 5.74) is 1.79. The Labute approximate surface area is 144 Å². The number of nitrogens with zero attached hydrogens (tertiary/aromatic N) is 3. The van der Waals surface area contributed by atoms with Crippen LogP contribution in [0.25, 0.3) is 11.0 Å². The van der Waals surface area contributed by atoms with Crippen molar-refractivity contribution in [3.05, 3.63) is 65.4 Å². The van der Waals surface area contributed by atoms with Crippen molar-refractivity contribution in [2.24, 2.45) is 0 Å². The van der Waals surface area contributed by atoms with Crippen LogP contribution in [0.2, 0.25) is 5.02 Å². The third-order valence-corrected chi connectivity index (χ3v) is 3.78. The number of benzene rings is 2. The molecule has 1 heterocycles. The van der Waals surface area contributed by atoms with Gasteiger partial charge in [-0.1, -0.05) is 23.7 Å². The number of hydrogen-bond acceptors (Lipinski definition) is 4. The van der Waals surface area contributed by atoms with Crippen molar-refractivity contribution in [2.45, 2.75) is 0 Å². The highest BCUT2D eigenvalue weighted by molar-refractivity contribution is 6.30. The molecule has 0 saturated heterocycles. The largest absolute Gasteiger partial charge is 0.492 e. The normalized spacial score (nSPS) is 10.6. The van der Waals surface area contributed by atoms with Gasteiger partial charge in [-0.15, -0.1) is 0 Å². The van der Waals surface area contributed by atoms with Gasteiger partial charge in [-0.2, -0.15) is 0 Å². The molecule has 2 aromatic carbocycles. The number of ether oxygens (including phenoxy) is 1. The van der Waals surface area contributed by atoms with Crippen molar-refractivity contribution in [3.63, 3.8) is 0 Å². The van der Waals surface area contributed by atoms with E-state index in [0.717, 1.165) is 5.52 Å². The number of carbonyl (C=O) groups excluding carboxylic acids is 1. The second-order valence-corrected chi connectivity index (χ2v) is 5.71. The van der Waals surface area contributed by atoms with E-state index in [1.54, 1.807) is 36.2 Å². The molecule has 24 heavy (non-hydrogen) atoms. The molecule has 122 valence electrons. The average Bonchev–Trinajstić information content (AvgIpc) is 2.62. The number of hydrogen-bond donors (Lipinski definition) is 0. The fraction of sp³-hybridized carbons (Fsp3) is 0.167. The fourth-order valence-corrected chi connectivity index (χ4v) is 2.31. The van der Waals surface area contributed by atoms with Gasteiger partial charge in [-0.3, -0.25) is 9.78 Å². The number of aromatic nitrogens is 2. The maximum atomic E-state index is 12.4. The van der Waals surface area contributed by atoms with Gasteiger partial charge in [0.05, 0.1) is 23.8 Å². The molecule has 1 amide bonds. The Balaban J connectivity index is 1.60. The van der Waals surface area contributed by atoms with E-state index in [-0.39, 0.29) is 5.91 Å². The van der Waals surface area contributed by atoms with E-state index < -0.39 is 0 Å². The third-order valence-electron chi connectivity index (χ3n) is 3.52. The number of fused-ring (bicyclic) bond motifs is 1. The van der Waals surface area contributed by atoms with Gasteiger partial charge in [-0.25, -0.2) is 4.98 Å². The van der Waals surface area contributed by atoms with Crippen LogP contribution in [0.3, 0.4) is 0 Å². The van der Waals surface area contributed by atoms with E-state index in [9.17, 15) is 4.79 Å². The Bertz CT molecular complexity index is 852. The summed E-state index contributed by atoms with van der Waals surface area (Å²) in [5, 5.41) is 0.657. The van der Waals surface area contributed by atoms with E-state index in [1.807, 2.05) is 24.3 Å². The Morgan fingerprint density at radius 2 is 1.83 bits per heavy atom. The minimum atomic E-state index is -0.187. The van der Waals surface area contributed by atoms with Crippen LogP contribution in [-0.4, -0.2) is 41.0 Å². The predicted octanol–water partition coefficient (Wildman–Crippen LogP) is 3.43. The van der Waals surface area contributed by atoms with Crippen molar-refractivity contribution in [2.75, 3.05) is 20.2 Å². The summed E-state index contributed by atoms with van der Waals surface area (Å²) in [7, 11) is 1.71. The molecule has 0 aliphatic heterocycles. The fourth-order valence-electron chi connectivity index (χ4n) is 2.19. The Kier molecular flexibility index (Phi) is 4.91. The molecule has 3 aromatic rings. The van der Waals surface area contributed by atoms with Crippen LogP contribution >= 0.6 is 11.6 Å². The van der Waals surface area contributed by atoms with Gasteiger partial charge in [-0.05, 0) is 36.4 Å². The lowest BCUT2D eigenvalue weighted by molar-refractivity contribution is 0.0768.